The van der Waals surface area contributed by atoms with Gasteiger partial charge in [0.05, 0.1) is 6.61 Å². The fraction of sp³-hybridized carbons (Fsp3) is 0.538. The Morgan fingerprint density at radius 3 is 3.26 bits per heavy atom. The molecule has 1 atom stereocenters. The molecule has 0 aromatic carbocycles. The predicted molar refractivity (Wildman–Crippen MR) is 70.2 cm³/mol. The van der Waals surface area contributed by atoms with Crippen LogP contribution in [0.4, 0.5) is 0 Å². The molecule has 0 saturated carbocycles. The molecule has 1 aliphatic rings. The molecular formula is C13H19N3O3. The highest BCUT2D eigenvalue weighted by Crippen LogP contribution is 2.16. The molecule has 6 nitrogen and oxygen atoms in total. The van der Waals surface area contributed by atoms with Gasteiger partial charge < -0.3 is 20.5 Å². The molecule has 2 rings (SSSR count). The van der Waals surface area contributed by atoms with Gasteiger partial charge in [0.25, 0.3) is 5.91 Å². The van der Waals surface area contributed by atoms with E-state index in [0.717, 1.165) is 19.4 Å². The maximum absolute atomic E-state index is 11.8. The number of rotatable bonds is 6. The zero-order chi connectivity index (χ0) is 13.5. The number of aliphatic hydroxyl groups excluding tert-OH is 1. The summed E-state index contributed by atoms with van der Waals surface area (Å²) >= 11 is 0. The van der Waals surface area contributed by atoms with E-state index in [4.69, 9.17) is 9.84 Å². The third kappa shape index (κ3) is 3.90. The van der Waals surface area contributed by atoms with Gasteiger partial charge >= 0.3 is 0 Å². The maximum Gasteiger partial charge on any atom is 0.273 e. The predicted octanol–water partition coefficient (Wildman–Crippen LogP) is -0.0655. The molecular weight excluding hydrogens is 246 g/mol. The van der Waals surface area contributed by atoms with Crippen LogP contribution in [-0.2, 0) is 0 Å². The van der Waals surface area contributed by atoms with Crippen molar-refractivity contribution in [1.82, 2.24) is 15.6 Å². The maximum atomic E-state index is 11.8. The number of carbonyl (C=O) groups is 1. The molecule has 1 aliphatic heterocycles. The molecule has 0 radical (unpaired) electrons. The average molecular weight is 265 g/mol. The quantitative estimate of drug-likeness (QED) is 0.671. The first-order chi connectivity index (χ1) is 9.31. The van der Waals surface area contributed by atoms with Crippen molar-refractivity contribution in [2.75, 3.05) is 26.3 Å². The van der Waals surface area contributed by atoms with E-state index in [9.17, 15) is 4.79 Å². The molecule has 6 heteroatoms. The first kappa shape index (κ1) is 13.8. The van der Waals surface area contributed by atoms with E-state index < -0.39 is 0 Å². The van der Waals surface area contributed by atoms with Crippen molar-refractivity contribution in [3.05, 3.63) is 24.0 Å². The fourth-order valence-electron chi connectivity index (χ4n) is 2.02. The molecule has 1 fully saturated rings. The van der Waals surface area contributed by atoms with Crippen molar-refractivity contribution < 1.29 is 14.6 Å². The summed E-state index contributed by atoms with van der Waals surface area (Å²) in [7, 11) is 0. The Hall–Kier alpha value is -1.66. The summed E-state index contributed by atoms with van der Waals surface area (Å²) in [5, 5.41) is 14.6. The summed E-state index contributed by atoms with van der Waals surface area (Å²) in [6.45, 7) is 1.66. The van der Waals surface area contributed by atoms with Crippen molar-refractivity contribution in [1.29, 1.82) is 0 Å². The average Bonchev–Trinajstić information content (AvgIpc) is 2.96. The van der Waals surface area contributed by atoms with Crippen molar-refractivity contribution in [2.45, 2.75) is 18.9 Å². The largest absolute Gasteiger partial charge is 0.489 e. The Labute approximate surface area is 112 Å². The Morgan fingerprint density at radius 2 is 2.53 bits per heavy atom. The van der Waals surface area contributed by atoms with Crippen LogP contribution >= 0.6 is 0 Å². The number of pyridine rings is 1. The van der Waals surface area contributed by atoms with Crippen LogP contribution in [0, 0.1) is 0 Å². The highest BCUT2D eigenvalue weighted by Gasteiger charge is 2.17. The monoisotopic (exact) mass is 265 g/mol. The zero-order valence-electron chi connectivity index (χ0n) is 10.8. The number of hydrogen-bond acceptors (Lipinski definition) is 5. The third-order valence-electron chi connectivity index (χ3n) is 2.99. The Bertz CT molecular complexity index is 419. The van der Waals surface area contributed by atoms with Crippen molar-refractivity contribution in [2.24, 2.45) is 0 Å². The van der Waals surface area contributed by atoms with Crippen LogP contribution in [0.1, 0.15) is 23.3 Å². The van der Waals surface area contributed by atoms with Gasteiger partial charge in [-0.25, -0.2) is 4.98 Å². The van der Waals surface area contributed by atoms with Crippen LogP contribution in [0.3, 0.4) is 0 Å². The van der Waals surface area contributed by atoms with Gasteiger partial charge in [-0.1, -0.05) is 0 Å². The number of nitrogens with zero attached hydrogens (tertiary/aromatic N) is 1. The molecule has 0 aliphatic carbocycles. The molecule has 1 aromatic heterocycles. The minimum absolute atomic E-state index is 0.0965. The molecule has 104 valence electrons. The second-order valence-electron chi connectivity index (χ2n) is 4.43. The first-order valence-corrected chi connectivity index (χ1v) is 6.51. The lowest BCUT2D eigenvalue weighted by molar-refractivity contribution is 0.0934. The minimum atomic E-state index is -0.330. The zero-order valence-corrected chi connectivity index (χ0v) is 10.8. The second kappa shape index (κ2) is 7.06. The number of carbonyl (C=O) groups excluding carboxylic acids is 1. The van der Waals surface area contributed by atoms with E-state index in [0.29, 0.717) is 18.4 Å². The summed E-state index contributed by atoms with van der Waals surface area (Å²) in [5.41, 5.74) is 0.258. The van der Waals surface area contributed by atoms with E-state index >= 15 is 0 Å². The van der Waals surface area contributed by atoms with Crippen LogP contribution in [0.25, 0.3) is 0 Å². The lowest BCUT2D eigenvalue weighted by atomic mass is 10.2. The number of ether oxygens (including phenoxy) is 1. The van der Waals surface area contributed by atoms with Crippen molar-refractivity contribution in [3.63, 3.8) is 0 Å². The number of aromatic nitrogens is 1. The molecule has 0 spiro atoms. The van der Waals surface area contributed by atoms with Crippen molar-refractivity contribution in [3.8, 4) is 5.75 Å². The van der Waals surface area contributed by atoms with Gasteiger partial charge in [-0.3, -0.25) is 4.79 Å². The third-order valence-corrected chi connectivity index (χ3v) is 2.99. The van der Waals surface area contributed by atoms with Crippen LogP contribution in [0.5, 0.6) is 5.75 Å². The number of amides is 1. The summed E-state index contributed by atoms with van der Waals surface area (Å²) in [4.78, 5) is 15.9. The molecule has 3 N–H and O–H groups in total. The summed E-state index contributed by atoms with van der Waals surface area (Å²) < 4.78 is 5.67. The Kier molecular flexibility index (Phi) is 5.11. The molecule has 1 aromatic rings. The van der Waals surface area contributed by atoms with E-state index in [1.165, 1.54) is 0 Å². The normalized spacial score (nSPS) is 18.3. The van der Waals surface area contributed by atoms with Gasteiger partial charge in [-0.15, -0.1) is 0 Å². The molecule has 19 heavy (non-hydrogen) atoms. The van der Waals surface area contributed by atoms with Gasteiger partial charge in [-0.05, 0) is 31.5 Å². The molecule has 0 bridgehead atoms. The van der Waals surface area contributed by atoms with Crippen LogP contribution in [0.15, 0.2) is 18.3 Å². The number of nitrogens with one attached hydrogen (secondary N) is 2. The molecule has 1 amide bonds. The SMILES string of the molecule is O=C(NCCO)c1ncccc1OC[C@H]1CCCN1. The van der Waals surface area contributed by atoms with E-state index in [1.54, 1.807) is 18.3 Å². The molecule has 0 unspecified atom stereocenters. The number of hydrogen-bond donors (Lipinski definition) is 3. The van der Waals surface area contributed by atoms with Gasteiger partial charge in [-0.2, -0.15) is 0 Å². The van der Waals surface area contributed by atoms with Gasteiger partial charge in [0.1, 0.15) is 6.61 Å². The molecule has 1 saturated heterocycles. The smallest absolute Gasteiger partial charge is 0.273 e. The fourth-order valence-corrected chi connectivity index (χ4v) is 2.02. The van der Waals surface area contributed by atoms with Crippen LogP contribution in [0.2, 0.25) is 0 Å². The van der Waals surface area contributed by atoms with Gasteiger partial charge in [0.2, 0.25) is 0 Å². The van der Waals surface area contributed by atoms with Gasteiger partial charge in [0.15, 0.2) is 11.4 Å². The lowest BCUT2D eigenvalue weighted by Crippen LogP contribution is -2.30. The second-order valence-corrected chi connectivity index (χ2v) is 4.43. The van der Waals surface area contributed by atoms with Crippen LogP contribution < -0.4 is 15.4 Å². The summed E-state index contributed by atoms with van der Waals surface area (Å²) in [6.07, 6.45) is 3.80. The van der Waals surface area contributed by atoms with E-state index in [-0.39, 0.29) is 24.8 Å². The number of aliphatic hydroxyl groups is 1. The highest BCUT2D eigenvalue weighted by atomic mass is 16.5. The standard InChI is InChI=1S/C13H19N3O3/c17-8-7-16-13(18)12-11(4-2-6-15-12)19-9-10-3-1-5-14-10/h2,4,6,10,14,17H,1,3,5,7-9H2,(H,16,18)/t10-/m1/s1. The topological polar surface area (TPSA) is 83.5 Å². The highest BCUT2D eigenvalue weighted by molar-refractivity contribution is 5.94. The lowest BCUT2D eigenvalue weighted by Gasteiger charge is -2.14. The summed E-state index contributed by atoms with van der Waals surface area (Å²) in [6, 6.07) is 3.81. The van der Waals surface area contributed by atoms with E-state index in [1.807, 2.05) is 0 Å². The molecule has 2 heterocycles. The van der Waals surface area contributed by atoms with Gasteiger partial charge in [0, 0.05) is 18.8 Å². The Balaban J connectivity index is 1.96. The van der Waals surface area contributed by atoms with Crippen molar-refractivity contribution >= 4 is 5.91 Å². The summed E-state index contributed by atoms with van der Waals surface area (Å²) in [5.74, 6) is 0.149. The first-order valence-electron chi connectivity index (χ1n) is 6.51. The Morgan fingerprint density at radius 1 is 1.63 bits per heavy atom. The van der Waals surface area contributed by atoms with Crippen LogP contribution in [-0.4, -0.2) is 48.3 Å². The van der Waals surface area contributed by atoms with E-state index in [2.05, 4.69) is 15.6 Å². The minimum Gasteiger partial charge on any atom is -0.489 e.